The number of piperidine rings is 1. The zero-order valence-corrected chi connectivity index (χ0v) is 26.7. The van der Waals surface area contributed by atoms with E-state index in [9.17, 15) is 14.0 Å². The van der Waals surface area contributed by atoms with Gasteiger partial charge in [0.1, 0.15) is 17.2 Å². The maximum Gasteiger partial charge on any atom is 0.410 e. The Labute approximate surface area is 254 Å². The molecule has 4 heterocycles. The van der Waals surface area contributed by atoms with E-state index in [1.807, 2.05) is 59.6 Å². The first kappa shape index (κ1) is 31.0. The zero-order valence-electron chi connectivity index (χ0n) is 26.7. The van der Waals surface area contributed by atoms with Crippen LogP contribution in [-0.2, 0) is 4.74 Å². The number of pyridine rings is 1. The first-order valence-electron chi connectivity index (χ1n) is 15.6. The highest BCUT2D eigenvalue weighted by Gasteiger charge is 2.33. The van der Waals surface area contributed by atoms with Crippen molar-refractivity contribution in [3.63, 3.8) is 0 Å². The lowest BCUT2D eigenvalue weighted by Gasteiger charge is -2.43. The molecule has 2 amide bonds. The third kappa shape index (κ3) is 6.71. The van der Waals surface area contributed by atoms with Gasteiger partial charge in [0, 0.05) is 63.0 Å². The second-order valence-electron chi connectivity index (χ2n) is 13.4. The Morgan fingerprint density at radius 3 is 2.44 bits per heavy atom. The quantitative estimate of drug-likeness (QED) is 0.320. The summed E-state index contributed by atoms with van der Waals surface area (Å²) in [6.45, 7) is 18.5. The summed E-state index contributed by atoms with van der Waals surface area (Å²) in [4.78, 5) is 36.8. The lowest BCUT2D eigenvalue weighted by molar-refractivity contribution is 0.0151. The number of benzene rings is 1. The molecule has 2 aromatic heterocycles. The summed E-state index contributed by atoms with van der Waals surface area (Å²) in [6.07, 6.45) is 5.76. The molecular formula is C34H46FN5O3. The van der Waals surface area contributed by atoms with Gasteiger partial charge in [-0.3, -0.25) is 4.79 Å². The van der Waals surface area contributed by atoms with E-state index >= 15 is 0 Å². The van der Waals surface area contributed by atoms with Crippen LogP contribution in [0.4, 0.5) is 9.18 Å². The smallest absolute Gasteiger partial charge is 0.410 e. The van der Waals surface area contributed by atoms with E-state index < -0.39 is 11.4 Å². The third-order valence-electron chi connectivity index (χ3n) is 8.79. The molecule has 8 nitrogen and oxygen atoms in total. The number of aryl methyl sites for hydroxylation is 1. The van der Waals surface area contributed by atoms with E-state index in [1.165, 1.54) is 17.7 Å². The van der Waals surface area contributed by atoms with Gasteiger partial charge in [0.15, 0.2) is 0 Å². The van der Waals surface area contributed by atoms with Crippen LogP contribution in [0.2, 0.25) is 0 Å². The van der Waals surface area contributed by atoms with Gasteiger partial charge in [-0.15, -0.1) is 0 Å². The van der Waals surface area contributed by atoms with Crippen molar-refractivity contribution in [1.82, 2.24) is 24.1 Å². The van der Waals surface area contributed by atoms with Crippen molar-refractivity contribution < 1.29 is 18.7 Å². The molecule has 1 aromatic carbocycles. The van der Waals surface area contributed by atoms with E-state index in [0.717, 1.165) is 68.0 Å². The third-order valence-corrected chi connectivity index (χ3v) is 8.79. The van der Waals surface area contributed by atoms with E-state index in [1.54, 1.807) is 11.0 Å². The molecule has 5 rings (SSSR count). The maximum atomic E-state index is 14.5. The molecule has 0 unspecified atom stereocenters. The van der Waals surface area contributed by atoms with Crippen LogP contribution >= 0.6 is 0 Å². The Morgan fingerprint density at radius 1 is 1.12 bits per heavy atom. The van der Waals surface area contributed by atoms with Crippen molar-refractivity contribution >= 4 is 17.5 Å². The number of aromatic nitrogens is 2. The second kappa shape index (κ2) is 12.3. The molecule has 3 aromatic rings. The number of hydrogen-bond acceptors (Lipinski definition) is 5. The number of nitrogens with zero attached hydrogens (tertiary/aromatic N) is 5. The van der Waals surface area contributed by atoms with Gasteiger partial charge in [0.25, 0.3) is 5.91 Å². The van der Waals surface area contributed by atoms with Crippen molar-refractivity contribution in [2.24, 2.45) is 5.92 Å². The maximum absolute atomic E-state index is 14.5. The van der Waals surface area contributed by atoms with Crippen LogP contribution in [0.5, 0.6) is 0 Å². The van der Waals surface area contributed by atoms with Crippen molar-refractivity contribution in [3.05, 3.63) is 59.4 Å². The molecule has 2 fully saturated rings. The Balaban J connectivity index is 1.32. The first-order valence-corrected chi connectivity index (χ1v) is 15.6. The summed E-state index contributed by atoms with van der Waals surface area (Å²) < 4.78 is 22.2. The molecule has 9 heteroatoms. The Morgan fingerprint density at radius 2 is 1.81 bits per heavy atom. The molecule has 2 aliphatic heterocycles. The van der Waals surface area contributed by atoms with Crippen LogP contribution in [0, 0.1) is 18.7 Å². The normalized spacial score (nSPS) is 17.0. The lowest BCUT2D eigenvalue weighted by atomic mass is 9.87. The molecule has 0 aliphatic carbocycles. The van der Waals surface area contributed by atoms with Gasteiger partial charge >= 0.3 is 6.09 Å². The Hall–Kier alpha value is -3.46. The molecule has 232 valence electrons. The van der Waals surface area contributed by atoms with Gasteiger partial charge < -0.3 is 23.8 Å². The van der Waals surface area contributed by atoms with Crippen LogP contribution in [0.3, 0.4) is 0 Å². The fourth-order valence-corrected chi connectivity index (χ4v) is 6.43. The number of carbonyl (C=O) groups is 2. The van der Waals surface area contributed by atoms with Crippen LogP contribution in [0.25, 0.3) is 16.6 Å². The Bertz CT molecular complexity index is 1480. The van der Waals surface area contributed by atoms with E-state index in [4.69, 9.17) is 4.74 Å². The van der Waals surface area contributed by atoms with E-state index in [2.05, 4.69) is 26.5 Å². The molecule has 0 N–H and O–H groups in total. The van der Waals surface area contributed by atoms with Gasteiger partial charge in [-0.2, -0.15) is 0 Å². The highest BCUT2D eigenvalue weighted by molar-refractivity contribution is 6.03. The van der Waals surface area contributed by atoms with Crippen LogP contribution in [0.1, 0.15) is 82.0 Å². The summed E-state index contributed by atoms with van der Waals surface area (Å²) in [6, 6.07) is 6.71. The summed E-state index contributed by atoms with van der Waals surface area (Å²) in [7, 11) is 0. The van der Waals surface area contributed by atoms with Gasteiger partial charge in [-0.25, -0.2) is 14.2 Å². The number of ether oxygens (including phenoxy) is 1. The highest BCUT2D eigenvalue weighted by Crippen LogP contribution is 2.36. The van der Waals surface area contributed by atoms with Crippen LogP contribution < -0.4 is 0 Å². The number of likely N-dealkylation sites (tertiary alicyclic amines) is 2. The molecule has 43 heavy (non-hydrogen) atoms. The Kier molecular flexibility index (Phi) is 8.84. The number of amides is 2. The summed E-state index contributed by atoms with van der Waals surface area (Å²) in [5.41, 5.74) is 3.62. The second-order valence-corrected chi connectivity index (χ2v) is 13.4. The minimum Gasteiger partial charge on any atom is -0.444 e. The highest BCUT2D eigenvalue weighted by atomic mass is 19.1. The van der Waals surface area contributed by atoms with Crippen molar-refractivity contribution in [1.29, 1.82) is 0 Å². The van der Waals surface area contributed by atoms with Crippen LogP contribution in [-0.4, -0.2) is 87.0 Å². The fourth-order valence-electron chi connectivity index (χ4n) is 6.43. The number of halogens is 1. The minimum absolute atomic E-state index is 0.00249. The van der Waals surface area contributed by atoms with Gasteiger partial charge in [-0.05, 0) is 96.6 Å². The average Bonchev–Trinajstić information content (AvgIpc) is 3.30. The number of fused-ring (bicyclic) bond motifs is 1. The summed E-state index contributed by atoms with van der Waals surface area (Å²) in [5, 5.41) is 0. The van der Waals surface area contributed by atoms with E-state index in [-0.39, 0.29) is 18.0 Å². The minimum atomic E-state index is -0.476. The van der Waals surface area contributed by atoms with Gasteiger partial charge in [-0.1, -0.05) is 6.07 Å². The molecule has 0 saturated carbocycles. The SMILES string of the molecule is CCN(C(=O)c1cc(F)ccc1-c1cc(C2CN(CC3CCN(C(=O)OC(C)(C)C)CC3)C2)cn2c(C)ncc12)C(C)C. The largest absolute Gasteiger partial charge is 0.444 e. The zero-order chi connectivity index (χ0) is 31.1. The topological polar surface area (TPSA) is 70.4 Å². The van der Waals surface area contributed by atoms with Crippen molar-refractivity contribution in [2.75, 3.05) is 39.3 Å². The monoisotopic (exact) mass is 591 g/mol. The molecule has 0 atom stereocenters. The van der Waals surface area contributed by atoms with Crippen LogP contribution in [0.15, 0.2) is 36.7 Å². The molecular weight excluding hydrogens is 545 g/mol. The molecule has 2 saturated heterocycles. The van der Waals surface area contributed by atoms with Gasteiger partial charge in [0.2, 0.25) is 0 Å². The fraction of sp³-hybridized carbons (Fsp3) is 0.559. The molecule has 2 aliphatic rings. The predicted molar refractivity (Wildman–Crippen MR) is 167 cm³/mol. The van der Waals surface area contributed by atoms with Gasteiger partial charge in [0.05, 0.1) is 17.3 Å². The number of carbonyl (C=O) groups excluding carboxylic acids is 2. The van der Waals surface area contributed by atoms with Crippen molar-refractivity contribution in [2.45, 2.75) is 78.9 Å². The summed E-state index contributed by atoms with van der Waals surface area (Å²) in [5.74, 6) is 1.20. The average molecular weight is 592 g/mol. The first-order chi connectivity index (χ1) is 20.3. The molecule has 0 bridgehead atoms. The van der Waals surface area contributed by atoms with E-state index in [0.29, 0.717) is 23.9 Å². The molecule has 0 spiro atoms. The number of hydrogen-bond donors (Lipinski definition) is 0. The lowest BCUT2D eigenvalue weighted by Crippen LogP contribution is -2.49. The predicted octanol–water partition coefficient (Wildman–Crippen LogP) is 6.37. The standard InChI is InChI=1S/C34H46FN5O3/c1-8-39(22(2)3)32(41)30-16-27(35)9-10-28(30)29-15-25(21-40-23(4)36-17-31(29)40)26-19-37(20-26)18-24-11-13-38(14-12-24)33(42)43-34(5,6)7/h9-10,15-17,21-22,24,26H,8,11-14,18-20H2,1-7H3. The van der Waals surface area contributed by atoms with Crippen molar-refractivity contribution in [3.8, 4) is 11.1 Å². The number of imidazole rings is 1. The number of rotatable bonds is 7. The molecule has 0 radical (unpaired) electrons. The summed E-state index contributed by atoms with van der Waals surface area (Å²) >= 11 is 0.